The highest BCUT2D eigenvalue weighted by Gasteiger charge is 2.07. The number of hydrogen-bond acceptors (Lipinski definition) is 6. The molecule has 2 heterocycles. The lowest BCUT2D eigenvalue weighted by molar-refractivity contribution is 0.853. The highest BCUT2D eigenvalue weighted by molar-refractivity contribution is 7.15. The van der Waals surface area contributed by atoms with Crippen molar-refractivity contribution in [2.24, 2.45) is 0 Å². The summed E-state index contributed by atoms with van der Waals surface area (Å²) in [6.45, 7) is 2.64. The minimum Gasteiger partial charge on any atom is -0.344 e. The van der Waals surface area contributed by atoms with Gasteiger partial charge >= 0.3 is 0 Å². The Kier molecular flexibility index (Phi) is 2.86. The molecule has 0 aliphatic heterocycles. The SMILES string of the molecule is Cc1nnc(N(C)Cc2cnccn2)s1. The molecule has 0 spiro atoms. The summed E-state index contributed by atoms with van der Waals surface area (Å²) >= 11 is 1.57. The highest BCUT2D eigenvalue weighted by Crippen LogP contribution is 2.18. The lowest BCUT2D eigenvalue weighted by Crippen LogP contribution is -2.17. The van der Waals surface area contributed by atoms with Gasteiger partial charge in [-0.15, -0.1) is 10.2 Å². The first-order valence-electron chi connectivity index (χ1n) is 4.52. The maximum absolute atomic E-state index is 4.20. The summed E-state index contributed by atoms with van der Waals surface area (Å²) in [6, 6.07) is 0. The van der Waals surface area contributed by atoms with Crippen LogP contribution in [0.25, 0.3) is 0 Å². The molecule has 15 heavy (non-hydrogen) atoms. The van der Waals surface area contributed by atoms with E-state index in [9.17, 15) is 0 Å². The van der Waals surface area contributed by atoms with Crippen molar-refractivity contribution in [3.63, 3.8) is 0 Å². The molecule has 5 nitrogen and oxygen atoms in total. The van der Waals surface area contributed by atoms with Gasteiger partial charge in [-0.1, -0.05) is 11.3 Å². The van der Waals surface area contributed by atoms with Gasteiger partial charge in [0.15, 0.2) is 0 Å². The van der Waals surface area contributed by atoms with Crippen LogP contribution in [0.3, 0.4) is 0 Å². The first-order valence-corrected chi connectivity index (χ1v) is 5.33. The van der Waals surface area contributed by atoms with Crippen molar-refractivity contribution < 1.29 is 0 Å². The normalized spacial score (nSPS) is 10.3. The Balaban J connectivity index is 2.07. The third-order valence-electron chi connectivity index (χ3n) is 1.86. The van der Waals surface area contributed by atoms with Gasteiger partial charge in [0.25, 0.3) is 0 Å². The molecule has 2 aromatic rings. The van der Waals surface area contributed by atoms with Gasteiger partial charge in [-0.25, -0.2) is 0 Å². The minimum atomic E-state index is 0.697. The molecule has 0 fully saturated rings. The number of hydrogen-bond donors (Lipinski definition) is 0. The summed E-state index contributed by atoms with van der Waals surface area (Å²) in [5, 5.41) is 9.90. The highest BCUT2D eigenvalue weighted by atomic mass is 32.1. The van der Waals surface area contributed by atoms with Crippen molar-refractivity contribution in [2.75, 3.05) is 11.9 Å². The Bertz CT molecular complexity index is 427. The number of aromatic nitrogens is 4. The number of rotatable bonds is 3. The molecule has 6 heteroatoms. The van der Waals surface area contributed by atoms with Crippen LogP contribution in [0.2, 0.25) is 0 Å². The van der Waals surface area contributed by atoms with Gasteiger partial charge in [-0.05, 0) is 6.92 Å². The lowest BCUT2D eigenvalue weighted by Gasteiger charge is -2.13. The van der Waals surface area contributed by atoms with Crippen LogP contribution in [0.5, 0.6) is 0 Å². The number of nitrogens with zero attached hydrogens (tertiary/aromatic N) is 5. The molecule has 0 atom stereocenters. The zero-order chi connectivity index (χ0) is 10.7. The molecule has 2 rings (SSSR count). The largest absolute Gasteiger partial charge is 0.344 e. The predicted molar refractivity (Wildman–Crippen MR) is 58.8 cm³/mol. The maximum Gasteiger partial charge on any atom is 0.208 e. The molecule has 0 saturated carbocycles. The second kappa shape index (κ2) is 4.31. The van der Waals surface area contributed by atoms with E-state index < -0.39 is 0 Å². The fourth-order valence-electron chi connectivity index (χ4n) is 1.16. The smallest absolute Gasteiger partial charge is 0.208 e. The van der Waals surface area contributed by atoms with Crippen LogP contribution in [-0.2, 0) is 6.54 Å². The second-order valence-corrected chi connectivity index (χ2v) is 4.32. The van der Waals surface area contributed by atoms with Gasteiger partial charge in [0, 0.05) is 19.4 Å². The van der Waals surface area contributed by atoms with Crippen LogP contribution < -0.4 is 4.90 Å². The Morgan fingerprint density at radius 2 is 2.20 bits per heavy atom. The molecule has 0 radical (unpaired) electrons. The second-order valence-electron chi connectivity index (χ2n) is 3.16. The average Bonchev–Trinajstić information content (AvgIpc) is 2.66. The topological polar surface area (TPSA) is 54.8 Å². The molecule has 0 bridgehead atoms. The summed E-state index contributed by atoms with van der Waals surface area (Å²) < 4.78 is 0. The van der Waals surface area contributed by atoms with Crippen LogP contribution in [0.1, 0.15) is 10.7 Å². The van der Waals surface area contributed by atoms with E-state index in [1.54, 1.807) is 29.9 Å². The molecule has 0 aliphatic rings. The molecule has 2 aromatic heterocycles. The summed E-state index contributed by atoms with van der Waals surface area (Å²) in [5.74, 6) is 0. The van der Waals surface area contributed by atoms with E-state index in [-0.39, 0.29) is 0 Å². The van der Waals surface area contributed by atoms with E-state index in [1.807, 2.05) is 18.9 Å². The van der Waals surface area contributed by atoms with E-state index in [2.05, 4.69) is 20.2 Å². The van der Waals surface area contributed by atoms with Gasteiger partial charge in [-0.2, -0.15) is 0 Å². The third-order valence-corrected chi connectivity index (χ3v) is 2.81. The fourth-order valence-corrected chi connectivity index (χ4v) is 1.81. The molecule has 0 aromatic carbocycles. The van der Waals surface area contributed by atoms with Crippen molar-refractivity contribution in [3.05, 3.63) is 29.3 Å². The molecular weight excluding hydrogens is 210 g/mol. The van der Waals surface area contributed by atoms with E-state index in [0.29, 0.717) is 6.54 Å². The van der Waals surface area contributed by atoms with Crippen LogP contribution >= 0.6 is 11.3 Å². The molecule has 0 amide bonds. The molecule has 0 saturated heterocycles. The Morgan fingerprint density at radius 1 is 1.33 bits per heavy atom. The van der Waals surface area contributed by atoms with E-state index >= 15 is 0 Å². The number of aryl methyl sites for hydroxylation is 1. The Morgan fingerprint density at radius 3 is 2.80 bits per heavy atom. The van der Waals surface area contributed by atoms with Crippen molar-refractivity contribution in [3.8, 4) is 0 Å². The Labute approximate surface area is 91.8 Å². The van der Waals surface area contributed by atoms with E-state index in [1.165, 1.54) is 0 Å². The van der Waals surface area contributed by atoms with Gasteiger partial charge < -0.3 is 4.90 Å². The molecule has 0 unspecified atom stereocenters. The summed E-state index contributed by atoms with van der Waals surface area (Å²) in [4.78, 5) is 10.2. The summed E-state index contributed by atoms with van der Waals surface area (Å²) in [7, 11) is 1.97. The summed E-state index contributed by atoms with van der Waals surface area (Å²) in [6.07, 6.45) is 5.11. The van der Waals surface area contributed by atoms with Crippen LogP contribution in [0, 0.1) is 6.92 Å². The van der Waals surface area contributed by atoms with E-state index in [4.69, 9.17) is 0 Å². The van der Waals surface area contributed by atoms with Crippen molar-refractivity contribution >= 4 is 16.5 Å². The zero-order valence-corrected chi connectivity index (χ0v) is 9.40. The zero-order valence-electron chi connectivity index (χ0n) is 8.58. The standard InChI is InChI=1S/C9H11N5S/c1-7-12-13-9(15-7)14(2)6-8-5-10-3-4-11-8/h3-5H,6H2,1-2H3. The molecular formula is C9H11N5S. The third kappa shape index (κ3) is 2.47. The number of anilines is 1. The van der Waals surface area contributed by atoms with Gasteiger partial charge in [-0.3, -0.25) is 9.97 Å². The van der Waals surface area contributed by atoms with Gasteiger partial charge in [0.1, 0.15) is 5.01 Å². The van der Waals surface area contributed by atoms with Crippen molar-refractivity contribution in [2.45, 2.75) is 13.5 Å². The summed E-state index contributed by atoms with van der Waals surface area (Å²) in [5.41, 5.74) is 0.924. The van der Waals surface area contributed by atoms with Crippen molar-refractivity contribution in [1.82, 2.24) is 20.2 Å². The monoisotopic (exact) mass is 221 g/mol. The van der Waals surface area contributed by atoms with Gasteiger partial charge in [0.05, 0.1) is 18.4 Å². The van der Waals surface area contributed by atoms with Crippen LogP contribution in [-0.4, -0.2) is 27.2 Å². The molecule has 78 valence electrons. The predicted octanol–water partition coefficient (Wildman–Crippen LogP) is 1.27. The first-order chi connectivity index (χ1) is 7.25. The lowest BCUT2D eigenvalue weighted by atomic mass is 10.4. The van der Waals surface area contributed by atoms with Crippen LogP contribution in [0.4, 0.5) is 5.13 Å². The fraction of sp³-hybridized carbons (Fsp3) is 0.333. The average molecular weight is 221 g/mol. The first kappa shape index (κ1) is 9.97. The van der Waals surface area contributed by atoms with E-state index in [0.717, 1.165) is 15.8 Å². The molecule has 0 aliphatic carbocycles. The quantitative estimate of drug-likeness (QED) is 0.781. The molecule has 0 N–H and O–H groups in total. The van der Waals surface area contributed by atoms with Gasteiger partial charge in [0.2, 0.25) is 5.13 Å². The minimum absolute atomic E-state index is 0.697. The Hall–Kier alpha value is -1.56. The van der Waals surface area contributed by atoms with Crippen LogP contribution in [0.15, 0.2) is 18.6 Å². The maximum atomic E-state index is 4.20. The van der Waals surface area contributed by atoms with Crippen molar-refractivity contribution in [1.29, 1.82) is 0 Å².